The molecule has 0 radical (unpaired) electrons. The summed E-state index contributed by atoms with van der Waals surface area (Å²) in [5.74, 6) is 1.29. The molecule has 1 aliphatic rings. The summed E-state index contributed by atoms with van der Waals surface area (Å²) in [6.45, 7) is 4.34. The molecule has 0 aromatic heterocycles. The van der Waals surface area contributed by atoms with E-state index in [1.165, 1.54) is 0 Å². The Morgan fingerprint density at radius 3 is 3.06 bits per heavy atom. The number of rotatable bonds is 4. The zero-order valence-electron chi connectivity index (χ0n) is 9.61. The fraction of sp³-hybridized carbons (Fsp3) is 0.538. The lowest BCUT2D eigenvalue weighted by Crippen LogP contribution is -2.12. The smallest absolute Gasteiger partial charge is 0.124 e. The zero-order valence-corrected chi connectivity index (χ0v) is 9.61. The number of benzene rings is 1. The standard InChI is InChI=1S/C13H18O3/c1-10-2-3-13(12(6-10)7-14)16-9-11-4-5-15-8-11/h2-3,6,11,14H,4-5,7-9H2,1H3/t11-/m0/s1. The molecule has 1 fully saturated rings. The Labute approximate surface area is 96.0 Å². The van der Waals surface area contributed by atoms with E-state index in [1.54, 1.807) is 0 Å². The third-order valence-corrected chi connectivity index (χ3v) is 2.88. The highest BCUT2D eigenvalue weighted by molar-refractivity contribution is 5.36. The van der Waals surface area contributed by atoms with E-state index >= 15 is 0 Å². The molecule has 1 aliphatic heterocycles. The molecule has 16 heavy (non-hydrogen) atoms. The Morgan fingerprint density at radius 1 is 1.50 bits per heavy atom. The second-order valence-electron chi connectivity index (χ2n) is 4.31. The maximum atomic E-state index is 9.23. The number of hydrogen-bond donors (Lipinski definition) is 1. The molecule has 0 spiro atoms. The molecule has 1 saturated heterocycles. The Morgan fingerprint density at radius 2 is 2.38 bits per heavy atom. The van der Waals surface area contributed by atoms with Gasteiger partial charge in [-0.3, -0.25) is 0 Å². The van der Waals surface area contributed by atoms with Crippen molar-refractivity contribution in [3.8, 4) is 5.75 Å². The van der Waals surface area contributed by atoms with Crippen molar-refractivity contribution in [2.45, 2.75) is 20.0 Å². The van der Waals surface area contributed by atoms with Crippen LogP contribution in [0.15, 0.2) is 18.2 Å². The minimum atomic E-state index is 0.0260. The Balaban J connectivity index is 1.97. The van der Waals surface area contributed by atoms with E-state index in [1.807, 2.05) is 25.1 Å². The van der Waals surface area contributed by atoms with Gasteiger partial charge >= 0.3 is 0 Å². The second-order valence-corrected chi connectivity index (χ2v) is 4.31. The Kier molecular flexibility index (Phi) is 3.80. The van der Waals surface area contributed by atoms with Crippen LogP contribution in [0, 0.1) is 12.8 Å². The normalized spacial score (nSPS) is 20.0. The van der Waals surface area contributed by atoms with Gasteiger partial charge in [-0.1, -0.05) is 17.7 Å². The van der Waals surface area contributed by atoms with Crippen LogP contribution in [-0.4, -0.2) is 24.9 Å². The van der Waals surface area contributed by atoms with Crippen LogP contribution in [0.3, 0.4) is 0 Å². The molecule has 88 valence electrons. The monoisotopic (exact) mass is 222 g/mol. The van der Waals surface area contributed by atoms with Gasteiger partial charge in [0, 0.05) is 18.1 Å². The highest BCUT2D eigenvalue weighted by atomic mass is 16.5. The van der Waals surface area contributed by atoms with Gasteiger partial charge in [0.1, 0.15) is 5.75 Å². The van der Waals surface area contributed by atoms with Crippen molar-refractivity contribution in [3.05, 3.63) is 29.3 Å². The maximum absolute atomic E-state index is 9.23. The van der Waals surface area contributed by atoms with Crippen molar-refractivity contribution >= 4 is 0 Å². The van der Waals surface area contributed by atoms with E-state index in [9.17, 15) is 5.11 Å². The molecule has 1 aromatic carbocycles. The molecule has 0 amide bonds. The molecule has 3 heteroatoms. The van der Waals surface area contributed by atoms with Gasteiger partial charge in [-0.2, -0.15) is 0 Å². The summed E-state index contributed by atoms with van der Waals surface area (Å²) in [6, 6.07) is 5.89. The van der Waals surface area contributed by atoms with E-state index < -0.39 is 0 Å². The summed E-state index contributed by atoms with van der Waals surface area (Å²) >= 11 is 0. The van der Waals surface area contributed by atoms with Gasteiger partial charge in [-0.25, -0.2) is 0 Å². The van der Waals surface area contributed by atoms with Gasteiger partial charge in [0.15, 0.2) is 0 Å². The molecule has 1 aromatic rings. The van der Waals surface area contributed by atoms with Crippen LogP contribution in [0.1, 0.15) is 17.5 Å². The van der Waals surface area contributed by atoms with Crippen LogP contribution in [0.25, 0.3) is 0 Å². The summed E-state index contributed by atoms with van der Waals surface area (Å²) in [4.78, 5) is 0. The number of ether oxygens (including phenoxy) is 2. The van der Waals surface area contributed by atoms with Crippen LogP contribution in [0.2, 0.25) is 0 Å². The summed E-state index contributed by atoms with van der Waals surface area (Å²) < 4.78 is 11.0. The first kappa shape index (κ1) is 11.4. The average molecular weight is 222 g/mol. The highest BCUT2D eigenvalue weighted by Crippen LogP contribution is 2.22. The summed E-state index contributed by atoms with van der Waals surface area (Å²) in [7, 11) is 0. The predicted molar refractivity (Wildman–Crippen MR) is 61.5 cm³/mol. The fourth-order valence-electron chi connectivity index (χ4n) is 1.90. The lowest BCUT2D eigenvalue weighted by molar-refractivity contribution is 0.165. The minimum Gasteiger partial charge on any atom is -0.493 e. The molecule has 1 heterocycles. The predicted octanol–water partition coefficient (Wildman–Crippen LogP) is 1.90. The SMILES string of the molecule is Cc1ccc(OC[C@H]2CCOC2)c(CO)c1. The first-order valence-corrected chi connectivity index (χ1v) is 5.70. The van der Waals surface area contributed by atoms with Gasteiger partial charge < -0.3 is 14.6 Å². The lowest BCUT2D eigenvalue weighted by Gasteiger charge is -2.13. The van der Waals surface area contributed by atoms with Crippen molar-refractivity contribution in [2.24, 2.45) is 5.92 Å². The molecule has 1 N–H and O–H groups in total. The first-order chi connectivity index (χ1) is 7.79. The van der Waals surface area contributed by atoms with Gasteiger partial charge in [0.2, 0.25) is 0 Å². The van der Waals surface area contributed by atoms with Gasteiger partial charge in [-0.05, 0) is 19.4 Å². The second kappa shape index (κ2) is 5.32. The molecule has 3 nitrogen and oxygen atoms in total. The Bertz CT molecular complexity index is 343. The third kappa shape index (κ3) is 2.74. The van der Waals surface area contributed by atoms with Crippen molar-refractivity contribution in [3.63, 3.8) is 0 Å². The minimum absolute atomic E-state index is 0.0260. The molecule has 0 saturated carbocycles. The van der Waals surface area contributed by atoms with Gasteiger partial charge in [0.25, 0.3) is 0 Å². The van der Waals surface area contributed by atoms with Crippen LogP contribution >= 0.6 is 0 Å². The molecule has 0 unspecified atom stereocenters. The van der Waals surface area contributed by atoms with Crippen molar-refractivity contribution in [1.29, 1.82) is 0 Å². The summed E-state index contributed by atoms with van der Waals surface area (Å²) in [5.41, 5.74) is 2.00. The molecular weight excluding hydrogens is 204 g/mol. The highest BCUT2D eigenvalue weighted by Gasteiger charge is 2.16. The van der Waals surface area contributed by atoms with E-state index in [2.05, 4.69) is 0 Å². The molecule has 1 atom stereocenters. The summed E-state index contributed by atoms with van der Waals surface area (Å²) in [5, 5.41) is 9.23. The number of aliphatic hydroxyl groups excluding tert-OH is 1. The Hall–Kier alpha value is -1.06. The maximum Gasteiger partial charge on any atom is 0.124 e. The van der Waals surface area contributed by atoms with E-state index in [0.29, 0.717) is 12.5 Å². The van der Waals surface area contributed by atoms with Gasteiger partial charge in [0.05, 0.1) is 19.8 Å². The number of hydrogen-bond acceptors (Lipinski definition) is 3. The summed E-state index contributed by atoms with van der Waals surface area (Å²) in [6.07, 6.45) is 1.07. The molecule has 0 aliphatic carbocycles. The molecular formula is C13H18O3. The quantitative estimate of drug-likeness (QED) is 0.845. The molecule has 2 rings (SSSR count). The fourth-order valence-corrected chi connectivity index (χ4v) is 1.90. The van der Waals surface area contributed by atoms with Crippen molar-refractivity contribution < 1.29 is 14.6 Å². The van der Waals surface area contributed by atoms with Crippen molar-refractivity contribution in [2.75, 3.05) is 19.8 Å². The van der Waals surface area contributed by atoms with Gasteiger partial charge in [-0.15, -0.1) is 0 Å². The molecule has 0 bridgehead atoms. The number of aryl methyl sites for hydroxylation is 1. The first-order valence-electron chi connectivity index (χ1n) is 5.70. The van der Waals surface area contributed by atoms with Crippen LogP contribution in [0.4, 0.5) is 0 Å². The van der Waals surface area contributed by atoms with E-state index in [0.717, 1.165) is 36.5 Å². The van der Waals surface area contributed by atoms with E-state index in [4.69, 9.17) is 9.47 Å². The van der Waals surface area contributed by atoms with Crippen LogP contribution in [0.5, 0.6) is 5.75 Å². The zero-order chi connectivity index (χ0) is 11.4. The van der Waals surface area contributed by atoms with Crippen LogP contribution < -0.4 is 4.74 Å². The average Bonchev–Trinajstić information content (AvgIpc) is 2.80. The van der Waals surface area contributed by atoms with Crippen molar-refractivity contribution in [1.82, 2.24) is 0 Å². The topological polar surface area (TPSA) is 38.7 Å². The lowest BCUT2D eigenvalue weighted by atomic mass is 10.1. The number of aliphatic hydroxyl groups is 1. The third-order valence-electron chi connectivity index (χ3n) is 2.88. The van der Waals surface area contributed by atoms with Crippen LogP contribution in [-0.2, 0) is 11.3 Å². The van der Waals surface area contributed by atoms with E-state index in [-0.39, 0.29) is 6.61 Å². The largest absolute Gasteiger partial charge is 0.493 e.